The number of ether oxygens (including phenoxy) is 4. The van der Waals surface area contributed by atoms with Gasteiger partial charge in [-0.2, -0.15) is 9.10 Å². The Bertz CT molecular complexity index is 2650. The van der Waals surface area contributed by atoms with E-state index in [1.54, 1.807) is 94.6 Å². The van der Waals surface area contributed by atoms with Crippen molar-refractivity contribution in [2.45, 2.75) is 80.7 Å². The lowest BCUT2D eigenvalue weighted by Crippen LogP contribution is -2.41. The van der Waals surface area contributed by atoms with Gasteiger partial charge < -0.3 is 39.2 Å². The molecule has 2 saturated heterocycles. The molecule has 4 aromatic carbocycles. The van der Waals surface area contributed by atoms with Crippen LogP contribution in [0.5, 0.6) is 17.2 Å². The minimum absolute atomic E-state index is 0.00370. The van der Waals surface area contributed by atoms with Crippen LogP contribution < -0.4 is 29.1 Å². The number of amides is 1. The van der Waals surface area contributed by atoms with Gasteiger partial charge in [0.25, 0.3) is 0 Å². The number of tetrazole rings is 1. The van der Waals surface area contributed by atoms with Crippen molar-refractivity contribution in [3.8, 4) is 28.6 Å². The minimum atomic E-state index is -4.89. The lowest BCUT2D eigenvalue weighted by molar-refractivity contribution is 0.0291. The van der Waals surface area contributed by atoms with Gasteiger partial charge in [-0.25, -0.2) is 26.4 Å². The first kappa shape index (κ1) is 49.1. The number of benzene rings is 4. The van der Waals surface area contributed by atoms with E-state index in [1.165, 1.54) is 34.3 Å². The summed E-state index contributed by atoms with van der Waals surface area (Å²) in [4.78, 5) is 16.6. The van der Waals surface area contributed by atoms with Crippen LogP contribution in [0.1, 0.15) is 50.3 Å². The minimum Gasteiger partial charge on any atom is -0.497 e. The number of sulfonamides is 2. The monoisotopic (exact) mass is 961 g/mol. The van der Waals surface area contributed by atoms with E-state index in [9.17, 15) is 9.90 Å². The number of aliphatic hydroxyl groups excluding tert-OH is 1. The number of nitrogens with one attached hydrogen (secondary N) is 2. The van der Waals surface area contributed by atoms with Crippen LogP contribution in [0.3, 0.4) is 0 Å². The molecule has 0 spiro atoms. The number of methoxy groups -OCH3 is 3. The second-order valence-corrected chi connectivity index (χ2v) is 20.9. The molecule has 2 fully saturated rings. The molecule has 360 valence electrons. The Morgan fingerprint density at radius 2 is 1.39 bits per heavy atom. The molecule has 0 radical (unpaired) electrons. The number of likely N-dealkylation sites (tertiary alicyclic amines) is 1. The molecule has 19 nitrogen and oxygen atoms in total. The summed E-state index contributed by atoms with van der Waals surface area (Å²) in [5, 5.41) is 27.0. The summed E-state index contributed by atoms with van der Waals surface area (Å²) in [6.45, 7) is 6.32. The number of hydrogen-bond acceptors (Lipinski definition) is 15. The molecule has 0 bridgehead atoms. The summed E-state index contributed by atoms with van der Waals surface area (Å²) >= 11 is 0. The third-order valence-electron chi connectivity index (χ3n) is 11.5. The maximum atomic E-state index is 16.1. The highest BCUT2D eigenvalue weighted by molar-refractivity contribution is 7.92. The number of carbonyl (C=O) groups excluding carboxylic acids is 1. The molecule has 3 N–H and O–H groups in total. The van der Waals surface area contributed by atoms with E-state index in [0.29, 0.717) is 60.1 Å². The van der Waals surface area contributed by atoms with Crippen molar-refractivity contribution in [3.63, 3.8) is 0 Å². The summed E-state index contributed by atoms with van der Waals surface area (Å²) in [5.41, 5.74) is 1.52. The SMILES string of the molecule is COc1ccc(CN(Cc2ccc(OC)cc2)S(=O)(=O)c2c(S(=O)(=O)N[C@@H]3CCN(C(=O)OC(C)(C)C)C3)ccc(N3CCN[C@@H](CO)CC3)c2-c2nnn(Cc3ccc(OC)cc3)n2)cc1. The molecule has 0 saturated carbocycles. The number of nitrogens with zero attached hydrogens (tertiary/aromatic N) is 7. The predicted molar refractivity (Wildman–Crippen MR) is 250 cm³/mol. The Balaban J connectivity index is 1.42. The number of aromatic nitrogens is 4. The van der Waals surface area contributed by atoms with Crippen LogP contribution in [0.4, 0.5) is 10.5 Å². The highest BCUT2D eigenvalue weighted by Gasteiger charge is 2.40. The highest BCUT2D eigenvalue weighted by atomic mass is 32.2. The van der Waals surface area contributed by atoms with Gasteiger partial charge in [0.1, 0.15) is 32.6 Å². The van der Waals surface area contributed by atoms with Crippen LogP contribution in [0, 0.1) is 0 Å². The van der Waals surface area contributed by atoms with Crippen molar-refractivity contribution in [2.75, 3.05) is 65.6 Å². The fourth-order valence-electron chi connectivity index (χ4n) is 7.99. The van der Waals surface area contributed by atoms with Gasteiger partial charge in [-0.15, -0.1) is 10.2 Å². The predicted octanol–water partition coefficient (Wildman–Crippen LogP) is 4.25. The largest absolute Gasteiger partial charge is 0.497 e. The van der Waals surface area contributed by atoms with Crippen molar-refractivity contribution in [1.29, 1.82) is 0 Å². The van der Waals surface area contributed by atoms with E-state index in [-0.39, 0.29) is 63.2 Å². The van der Waals surface area contributed by atoms with Crippen LogP contribution in [0.25, 0.3) is 11.4 Å². The summed E-state index contributed by atoms with van der Waals surface area (Å²) in [5.74, 6) is 1.67. The average molecular weight is 962 g/mol. The maximum Gasteiger partial charge on any atom is 0.410 e. The summed E-state index contributed by atoms with van der Waals surface area (Å²) in [7, 11) is -4.96. The van der Waals surface area contributed by atoms with Gasteiger partial charge in [-0.05, 0) is 104 Å². The zero-order valence-corrected chi connectivity index (χ0v) is 40.2. The molecule has 2 atom stereocenters. The summed E-state index contributed by atoms with van der Waals surface area (Å²) < 4.78 is 87.9. The fraction of sp³-hybridized carbons (Fsp3) is 0.435. The zero-order chi connectivity index (χ0) is 47.9. The number of anilines is 1. The highest BCUT2D eigenvalue weighted by Crippen LogP contribution is 2.42. The van der Waals surface area contributed by atoms with Crippen LogP contribution in [0.2, 0.25) is 0 Å². The van der Waals surface area contributed by atoms with E-state index in [0.717, 1.165) is 5.56 Å². The van der Waals surface area contributed by atoms with Gasteiger partial charge in [0, 0.05) is 63.6 Å². The smallest absolute Gasteiger partial charge is 0.410 e. The van der Waals surface area contributed by atoms with Crippen LogP contribution in [-0.2, 0) is 44.4 Å². The lowest BCUT2D eigenvalue weighted by atomic mass is 10.1. The topological polar surface area (TPSA) is 220 Å². The molecule has 1 aromatic heterocycles. The van der Waals surface area contributed by atoms with Gasteiger partial charge in [-0.3, -0.25) is 0 Å². The number of hydrogen-bond donors (Lipinski definition) is 3. The quantitative estimate of drug-likeness (QED) is 0.119. The Hall–Kier alpha value is -5.84. The van der Waals surface area contributed by atoms with Gasteiger partial charge in [-0.1, -0.05) is 36.4 Å². The van der Waals surface area contributed by atoms with Crippen molar-refractivity contribution in [3.05, 3.63) is 102 Å². The molecule has 5 aromatic rings. The first-order chi connectivity index (χ1) is 32.0. The van der Waals surface area contributed by atoms with E-state index < -0.39 is 47.6 Å². The molecule has 0 unspecified atom stereocenters. The molecule has 0 aliphatic carbocycles. The van der Waals surface area contributed by atoms with Crippen LogP contribution in [0.15, 0.2) is 94.7 Å². The average Bonchev–Trinajstić information content (AvgIpc) is 3.91. The first-order valence-corrected chi connectivity index (χ1v) is 24.9. The molecular weight excluding hydrogens is 903 g/mol. The molecule has 67 heavy (non-hydrogen) atoms. The number of aliphatic hydroxyl groups is 1. The van der Waals surface area contributed by atoms with E-state index in [2.05, 4.69) is 20.4 Å². The Kier molecular flexibility index (Phi) is 15.4. The van der Waals surface area contributed by atoms with E-state index in [4.69, 9.17) is 24.0 Å². The van der Waals surface area contributed by atoms with Gasteiger partial charge in [0.15, 0.2) is 0 Å². The van der Waals surface area contributed by atoms with Gasteiger partial charge in [0.2, 0.25) is 25.9 Å². The van der Waals surface area contributed by atoms with E-state index in [1.807, 2.05) is 17.0 Å². The summed E-state index contributed by atoms with van der Waals surface area (Å²) in [6.07, 6.45) is 0.158. The lowest BCUT2D eigenvalue weighted by Gasteiger charge is -2.29. The third kappa shape index (κ3) is 12.0. The summed E-state index contributed by atoms with van der Waals surface area (Å²) in [6, 6.07) is 23.0. The third-order valence-corrected chi connectivity index (χ3v) is 15.0. The normalized spacial score (nSPS) is 17.1. The molecular formula is C46H59N9O10S2. The van der Waals surface area contributed by atoms with Crippen LogP contribution in [-0.4, -0.2) is 136 Å². The second-order valence-electron chi connectivity index (χ2n) is 17.4. The Labute approximate surface area is 392 Å². The zero-order valence-electron chi connectivity index (χ0n) is 38.6. The Morgan fingerprint density at radius 3 is 1.94 bits per heavy atom. The van der Waals surface area contributed by atoms with Crippen molar-refractivity contribution in [2.24, 2.45) is 0 Å². The Morgan fingerprint density at radius 1 is 0.806 bits per heavy atom. The molecule has 3 heterocycles. The van der Waals surface area contributed by atoms with E-state index >= 15 is 16.8 Å². The molecule has 21 heteroatoms. The molecule has 2 aliphatic heterocycles. The first-order valence-electron chi connectivity index (χ1n) is 21.9. The van der Waals surface area contributed by atoms with Gasteiger partial charge >= 0.3 is 6.09 Å². The molecule has 2 aliphatic rings. The fourth-order valence-corrected chi connectivity index (χ4v) is 11.7. The van der Waals surface area contributed by atoms with Crippen molar-refractivity contribution >= 4 is 31.8 Å². The number of carbonyl (C=O) groups is 1. The van der Waals surface area contributed by atoms with Crippen LogP contribution >= 0.6 is 0 Å². The van der Waals surface area contributed by atoms with Gasteiger partial charge in [0.05, 0.1) is 40.0 Å². The van der Waals surface area contributed by atoms with Crippen molar-refractivity contribution < 1.29 is 45.7 Å². The second kappa shape index (κ2) is 21.0. The standard InChI is InChI=1S/C46H59N9O10S2/c1-46(2,3)65-45(57)53-25-21-35(30-53)50-66(58,59)41-20-19-40(52-24-22-36(31-56)47-23-26-52)42(44-48-51-55(49-44)29-34-11-17-39(64-6)18-12-34)43(41)67(60,61)54(27-32-7-13-37(62-4)14-8-32)28-33-9-15-38(63-5)16-10-33/h7-20,35-36,47,50,56H,21-31H2,1-6H3/t35-,36-/m1/s1. The molecule has 7 rings (SSSR count). The maximum absolute atomic E-state index is 16.1. The van der Waals surface area contributed by atoms with Crippen molar-refractivity contribution in [1.82, 2.24) is 39.5 Å². The number of rotatable bonds is 17. The molecule has 1 amide bonds.